The molecule has 0 fully saturated rings. The Labute approximate surface area is 179 Å². The number of para-hydroxylation sites is 1. The fraction of sp³-hybridized carbons (Fsp3) is 0.333. The third kappa shape index (κ3) is 4.08. The van der Waals surface area contributed by atoms with Crippen LogP contribution in [0.3, 0.4) is 0 Å². The van der Waals surface area contributed by atoms with Gasteiger partial charge in [0.2, 0.25) is 10.0 Å². The number of aromatic amines is 1. The molecule has 6 heteroatoms. The number of rotatable bonds is 6. The monoisotopic (exact) mass is 423 g/mol. The molecule has 1 N–H and O–H groups in total. The average molecular weight is 424 g/mol. The summed E-state index contributed by atoms with van der Waals surface area (Å²) in [6.07, 6.45) is 3.26. The van der Waals surface area contributed by atoms with Crippen molar-refractivity contribution in [1.82, 2.24) is 14.2 Å². The lowest BCUT2D eigenvalue weighted by atomic mass is 9.97. The van der Waals surface area contributed by atoms with Crippen LogP contribution < -0.4 is 0 Å². The van der Waals surface area contributed by atoms with Gasteiger partial charge < -0.3 is 4.98 Å². The molecule has 4 rings (SSSR count). The maximum atomic E-state index is 12.8. The molecule has 1 aliphatic heterocycles. The van der Waals surface area contributed by atoms with Gasteiger partial charge in [-0.25, -0.2) is 8.42 Å². The highest BCUT2D eigenvalue weighted by atomic mass is 32.2. The van der Waals surface area contributed by atoms with Crippen LogP contribution in [0.15, 0.2) is 59.5 Å². The van der Waals surface area contributed by atoms with Crippen molar-refractivity contribution < 1.29 is 8.42 Å². The molecular formula is C24H29N3O2S. The van der Waals surface area contributed by atoms with Crippen molar-refractivity contribution in [2.24, 2.45) is 0 Å². The molecule has 0 amide bonds. The average Bonchev–Trinajstić information content (AvgIpc) is 3.08. The second-order valence-corrected chi connectivity index (χ2v) is 10.1. The number of nitrogens with zero attached hydrogens (tertiary/aromatic N) is 2. The number of fused-ring (bicyclic) bond motifs is 1. The quantitative estimate of drug-likeness (QED) is 0.647. The summed E-state index contributed by atoms with van der Waals surface area (Å²) in [5.74, 6) is 0. The molecular weight excluding hydrogens is 394 g/mol. The Balaban J connectivity index is 1.41. The van der Waals surface area contributed by atoms with E-state index in [-0.39, 0.29) is 0 Å². The van der Waals surface area contributed by atoms with Crippen LogP contribution in [0.1, 0.15) is 23.2 Å². The van der Waals surface area contributed by atoms with Crippen molar-refractivity contribution in [3.63, 3.8) is 0 Å². The van der Waals surface area contributed by atoms with Gasteiger partial charge in [-0.3, -0.25) is 4.90 Å². The van der Waals surface area contributed by atoms with Crippen LogP contribution in [0.5, 0.6) is 0 Å². The van der Waals surface area contributed by atoms with Gasteiger partial charge in [-0.2, -0.15) is 4.31 Å². The molecule has 3 aromatic rings. The first-order valence-corrected chi connectivity index (χ1v) is 11.8. The molecule has 0 radical (unpaired) electrons. The van der Waals surface area contributed by atoms with Crippen LogP contribution >= 0.6 is 0 Å². The Morgan fingerprint density at radius 1 is 1.10 bits per heavy atom. The second kappa shape index (κ2) is 8.38. The summed E-state index contributed by atoms with van der Waals surface area (Å²) in [5, 5.41) is 1.28. The number of likely N-dealkylation sites (N-methyl/N-ethyl adjacent to an activating group) is 1. The van der Waals surface area contributed by atoms with Crippen LogP contribution in [-0.2, 0) is 10.0 Å². The molecule has 1 aromatic heterocycles. The molecule has 30 heavy (non-hydrogen) atoms. The number of benzene rings is 2. The van der Waals surface area contributed by atoms with Crippen LogP contribution in [-0.4, -0.2) is 55.8 Å². The van der Waals surface area contributed by atoms with Crippen molar-refractivity contribution >= 4 is 26.5 Å². The minimum atomic E-state index is -3.45. The second-order valence-electron chi connectivity index (χ2n) is 8.09. The maximum Gasteiger partial charge on any atom is 0.242 e. The summed E-state index contributed by atoms with van der Waals surface area (Å²) in [6.45, 7) is 7.01. The van der Waals surface area contributed by atoms with E-state index in [1.807, 2.05) is 13.0 Å². The van der Waals surface area contributed by atoms with Gasteiger partial charge in [-0.1, -0.05) is 36.4 Å². The molecule has 0 atom stereocenters. The van der Waals surface area contributed by atoms with Gasteiger partial charge in [-0.15, -0.1) is 0 Å². The first kappa shape index (κ1) is 20.8. The van der Waals surface area contributed by atoms with Gasteiger partial charge in [0.15, 0.2) is 0 Å². The summed E-state index contributed by atoms with van der Waals surface area (Å²) >= 11 is 0. The standard InChI is InChI=1S/C24H29N3O2S/c1-18-7-6-8-21(17-18)30(28,29)26(3)15-16-27-13-11-20(12-14-27)24-19(2)25-23-10-5-4-9-22(23)24/h4-11,17,25H,12-16H2,1-3H3. The van der Waals surface area contributed by atoms with Gasteiger partial charge in [0, 0.05) is 55.4 Å². The number of aryl methyl sites for hydroxylation is 2. The van der Waals surface area contributed by atoms with Crippen LogP contribution in [0.4, 0.5) is 0 Å². The third-order valence-corrected chi connectivity index (χ3v) is 7.79. The van der Waals surface area contributed by atoms with Gasteiger partial charge in [0.05, 0.1) is 4.90 Å². The molecule has 0 unspecified atom stereocenters. The van der Waals surface area contributed by atoms with Crippen molar-refractivity contribution in [1.29, 1.82) is 0 Å². The Morgan fingerprint density at radius 2 is 1.90 bits per heavy atom. The van der Waals surface area contributed by atoms with E-state index in [1.54, 1.807) is 25.2 Å². The van der Waals surface area contributed by atoms with Crippen molar-refractivity contribution in [3.8, 4) is 0 Å². The van der Waals surface area contributed by atoms with Crippen LogP contribution in [0.25, 0.3) is 16.5 Å². The fourth-order valence-electron chi connectivity index (χ4n) is 4.19. The molecule has 0 saturated carbocycles. The molecule has 1 aliphatic rings. The van der Waals surface area contributed by atoms with Gasteiger partial charge in [-0.05, 0) is 49.6 Å². The van der Waals surface area contributed by atoms with E-state index in [9.17, 15) is 8.42 Å². The first-order valence-electron chi connectivity index (χ1n) is 10.4. The number of hydrogen-bond donors (Lipinski definition) is 1. The molecule has 0 aliphatic carbocycles. The lowest BCUT2D eigenvalue weighted by Gasteiger charge is -2.28. The summed E-state index contributed by atoms with van der Waals surface area (Å²) in [5.41, 5.74) is 6.04. The van der Waals surface area contributed by atoms with Crippen LogP contribution in [0.2, 0.25) is 0 Å². The summed E-state index contributed by atoms with van der Waals surface area (Å²) < 4.78 is 27.1. The zero-order chi connectivity index (χ0) is 21.3. The molecule has 5 nitrogen and oxygen atoms in total. The third-order valence-electron chi connectivity index (χ3n) is 5.94. The normalized spacial score (nSPS) is 15.7. The largest absolute Gasteiger partial charge is 0.358 e. The Bertz CT molecular complexity index is 1190. The van der Waals surface area contributed by atoms with Gasteiger partial charge in [0.25, 0.3) is 0 Å². The van der Waals surface area contributed by atoms with E-state index >= 15 is 0 Å². The molecule has 158 valence electrons. The van der Waals surface area contributed by atoms with Crippen molar-refractivity contribution in [2.45, 2.75) is 25.2 Å². The minimum absolute atomic E-state index is 0.362. The summed E-state index contributed by atoms with van der Waals surface area (Å²) in [7, 11) is -1.79. The summed E-state index contributed by atoms with van der Waals surface area (Å²) in [6, 6.07) is 15.5. The van der Waals surface area contributed by atoms with E-state index in [2.05, 4.69) is 47.1 Å². The number of nitrogens with one attached hydrogen (secondary N) is 1. The molecule has 2 aromatic carbocycles. The Morgan fingerprint density at radius 3 is 2.63 bits per heavy atom. The molecule has 2 heterocycles. The van der Waals surface area contributed by atoms with E-state index < -0.39 is 10.0 Å². The number of H-pyrrole nitrogens is 1. The highest BCUT2D eigenvalue weighted by molar-refractivity contribution is 7.89. The van der Waals surface area contributed by atoms with Crippen molar-refractivity contribution in [3.05, 3.63) is 71.4 Å². The van der Waals surface area contributed by atoms with Crippen molar-refractivity contribution in [2.75, 3.05) is 33.2 Å². The zero-order valence-corrected chi connectivity index (χ0v) is 18.7. The number of aromatic nitrogens is 1. The molecule has 0 saturated heterocycles. The highest BCUT2D eigenvalue weighted by Gasteiger charge is 2.22. The minimum Gasteiger partial charge on any atom is -0.358 e. The molecule has 0 bridgehead atoms. The Kier molecular flexibility index (Phi) is 5.82. The number of sulfonamides is 1. The smallest absolute Gasteiger partial charge is 0.242 e. The predicted molar refractivity (Wildman–Crippen MR) is 123 cm³/mol. The lowest BCUT2D eigenvalue weighted by Crippen LogP contribution is -2.38. The maximum absolute atomic E-state index is 12.8. The summed E-state index contributed by atoms with van der Waals surface area (Å²) in [4.78, 5) is 6.16. The van der Waals surface area contributed by atoms with E-state index in [1.165, 1.54) is 32.0 Å². The topological polar surface area (TPSA) is 56.4 Å². The van der Waals surface area contributed by atoms with Crippen LogP contribution in [0, 0.1) is 13.8 Å². The number of hydrogen-bond acceptors (Lipinski definition) is 3. The highest BCUT2D eigenvalue weighted by Crippen LogP contribution is 2.32. The van der Waals surface area contributed by atoms with Gasteiger partial charge >= 0.3 is 0 Å². The van der Waals surface area contributed by atoms with Gasteiger partial charge in [0.1, 0.15) is 0 Å². The van der Waals surface area contributed by atoms with E-state index in [4.69, 9.17) is 0 Å². The Hall–Kier alpha value is -2.41. The molecule has 0 spiro atoms. The predicted octanol–water partition coefficient (Wildman–Crippen LogP) is 4.19. The lowest BCUT2D eigenvalue weighted by molar-refractivity contribution is 0.281. The zero-order valence-electron chi connectivity index (χ0n) is 17.9. The fourth-order valence-corrected chi connectivity index (χ4v) is 5.46. The van der Waals surface area contributed by atoms with E-state index in [0.29, 0.717) is 11.4 Å². The SMILES string of the molecule is Cc1cccc(S(=O)(=O)N(C)CCN2CC=C(c3c(C)[nH]c4ccccc34)CC2)c1. The first-order chi connectivity index (χ1) is 14.4. The van der Waals surface area contributed by atoms with E-state index in [0.717, 1.165) is 31.6 Å².